The molecule has 0 amide bonds. The van der Waals surface area contributed by atoms with Crippen molar-refractivity contribution in [1.82, 2.24) is 0 Å². The fourth-order valence-electron chi connectivity index (χ4n) is 3.62. The molecule has 2 heteroatoms. The first-order chi connectivity index (χ1) is 11.5. The molecule has 0 saturated heterocycles. The van der Waals surface area contributed by atoms with E-state index >= 15 is 0 Å². The quantitative estimate of drug-likeness (QED) is 0.240. The van der Waals surface area contributed by atoms with Crippen LogP contribution in [0, 0.1) is 0 Å². The minimum atomic E-state index is 0. The number of unbranched alkanes of at least 4 members (excludes halogenated alkanes) is 13. The Kier molecular flexibility index (Phi) is 20.9. The Labute approximate surface area is 167 Å². The molecule has 0 heterocycles. The third-order valence-electron chi connectivity index (χ3n) is 6.01. The zero-order valence-corrected chi connectivity index (χ0v) is 19.2. The Bertz CT molecular complexity index is 252. The number of rotatable bonds is 18. The first-order valence-corrected chi connectivity index (χ1v) is 11.4. The van der Waals surface area contributed by atoms with Gasteiger partial charge in [0.15, 0.2) is 0 Å². The molecule has 1 atom stereocenters. The summed E-state index contributed by atoms with van der Waals surface area (Å²) in [7, 11) is 4.90. The fourth-order valence-corrected chi connectivity index (χ4v) is 3.62. The summed E-state index contributed by atoms with van der Waals surface area (Å²) in [5.41, 5.74) is 0. The van der Waals surface area contributed by atoms with Crippen LogP contribution in [-0.2, 0) is 0 Å². The molecule has 1 unspecified atom stereocenters. The van der Waals surface area contributed by atoms with Crippen LogP contribution in [0.3, 0.4) is 0 Å². The summed E-state index contributed by atoms with van der Waals surface area (Å²) >= 11 is 0. The average molecular weight is 376 g/mol. The highest BCUT2D eigenvalue weighted by atomic mass is 35.5. The summed E-state index contributed by atoms with van der Waals surface area (Å²) in [4.78, 5) is 0. The molecule has 0 aromatic heterocycles. The van der Waals surface area contributed by atoms with Crippen LogP contribution < -0.4 is 12.4 Å². The summed E-state index contributed by atoms with van der Waals surface area (Å²) in [5.74, 6) is 0. The molecule has 0 rings (SSSR count). The Balaban J connectivity index is 0. The van der Waals surface area contributed by atoms with E-state index in [-0.39, 0.29) is 12.4 Å². The minimum absolute atomic E-state index is 0. The largest absolute Gasteiger partial charge is 1.00 e. The summed E-state index contributed by atoms with van der Waals surface area (Å²) in [5, 5.41) is 0. The van der Waals surface area contributed by atoms with E-state index in [1.165, 1.54) is 114 Å². The highest BCUT2D eigenvalue weighted by Crippen LogP contribution is 2.18. The lowest BCUT2D eigenvalue weighted by molar-refractivity contribution is -0.913. The van der Waals surface area contributed by atoms with Crippen LogP contribution in [0.15, 0.2) is 0 Å². The fraction of sp³-hybridized carbons (Fsp3) is 1.00. The molecule has 25 heavy (non-hydrogen) atoms. The number of hydrogen-bond donors (Lipinski definition) is 0. The van der Waals surface area contributed by atoms with Crippen molar-refractivity contribution in [2.24, 2.45) is 0 Å². The van der Waals surface area contributed by atoms with Crippen molar-refractivity contribution in [3.8, 4) is 0 Å². The SMILES string of the molecule is CCCCCCCCCCCC(C)[N+](C)(C)CCCCCCCC.[Cl-]. The number of hydrogen-bond acceptors (Lipinski definition) is 0. The topological polar surface area (TPSA) is 0 Å². The molecule has 154 valence electrons. The van der Waals surface area contributed by atoms with Crippen LogP contribution in [0.2, 0.25) is 0 Å². The van der Waals surface area contributed by atoms with Gasteiger partial charge in [-0.3, -0.25) is 0 Å². The summed E-state index contributed by atoms with van der Waals surface area (Å²) < 4.78 is 1.23. The monoisotopic (exact) mass is 375 g/mol. The number of quaternary nitrogens is 1. The van der Waals surface area contributed by atoms with Gasteiger partial charge in [0.2, 0.25) is 0 Å². The van der Waals surface area contributed by atoms with Crippen LogP contribution in [0.5, 0.6) is 0 Å². The maximum absolute atomic E-state index is 2.47. The molecule has 0 fully saturated rings. The molecule has 0 saturated carbocycles. The molecule has 0 bridgehead atoms. The van der Waals surface area contributed by atoms with E-state index in [9.17, 15) is 0 Å². The van der Waals surface area contributed by atoms with E-state index in [1.807, 2.05) is 0 Å². The second-order valence-corrected chi connectivity index (χ2v) is 8.74. The van der Waals surface area contributed by atoms with Crippen molar-refractivity contribution < 1.29 is 16.9 Å². The van der Waals surface area contributed by atoms with Gasteiger partial charge in [0, 0.05) is 0 Å². The zero-order chi connectivity index (χ0) is 18.1. The standard InChI is InChI=1S/C23H50N.ClH/c1-6-8-10-12-14-15-16-17-19-21-23(3)24(4,5)22-20-18-13-11-9-7-2;/h23H,6-22H2,1-5H3;1H/q+1;/p-1. The normalized spacial score (nSPS) is 12.8. The van der Waals surface area contributed by atoms with Crippen molar-refractivity contribution in [1.29, 1.82) is 0 Å². The van der Waals surface area contributed by atoms with Gasteiger partial charge in [-0.1, -0.05) is 90.9 Å². The molecular formula is C23H50ClN. The van der Waals surface area contributed by atoms with Gasteiger partial charge in [0.05, 0.1) is 26.7 Å². The summed E-state index contributed by atoms with van der Waals surface area (Å²) in [6.07, 6.45) is 22.9. The summed E-state index contributed by atoms with van der Waals surface area (Å²) in [6.45, 7) is 8.44. The van der Waals surface area contributed by atoms with Crippen LogP contribution in [0.1, 0.15) is 124 Å². The van der Waals surface area contributed by atoms with E-state index in [0.29, 0.717) is 0 Å². The molecule has 0 aliphatic rings. The maximum Gasteiger partial charge on any atom is 0.0857 e. The van der Waals surface area contributed by atoms with E-state index in [1.54, 1.807) is 0 Å². The third-order valence-corrected chi connectivity index (χ3v) is 6.01. The minimum Gasteiger partial charge on any atom is -1.00 e. The van der Waals surface area contributed by atoms with Crippen LogP contribution in [0.25, 0.3) is 0 Å². The molecule has 0 spiro atoms. The molecule has 0 aliphatic carbocycles. The Morgan fingerprint density at radius 1 is 0.560 bits per heavy atom. The Hall–Kier alpha value is 0.250. The van der Waals surface area contributed by atoms with E-state index in [4.69, 9.17) is 0 Å². The van der Waals surface area contributed by atoms with E-state index in [2.05, 4.69) is 34.9 Å². The lowest BCUT2D eigenvalue weighted by atomic mass is 10.0. The number of halogens is 1. The molecule has 0 aromatic rings. The van der Waals surface area contributed by atoms with E-state index in [0.717, 1.165) is 6.04 Å². The predicted octanol–water partition coefficient (Wildman–Crippen LogP) is 4.74. The van der Waals surface area contributed by atoms with Gasteiger partial charge in [-0.15, -0.1) is 0 Å². The average Bonchev–Trinajstić information content (AvgIpc) is 2.56. The second kappa shape index (κ2) is 19.0. The van der Waals surface area contributed by atoms with Crippen molar-refractivity contribution in [3.05, 3.63) is 0 Å². The number of nitrogens with zero attached hydrogens (tertiary/aromatic N) is 1. The lowest BCUT2D eigenvalue weighted by Gasteiger charge is -2.36. The molecule has 0 aromatic carbocycles. The smallest absolute Gasteiger partial charge is 0.0857 e. The van der Waals surface area contributed by atoms with Crippen LogP contribution in [0.4, 0.5) is 0 Å². The van der Waals surface area contributed by atoms with Gasteiger partial charge < -0.3 is 16.9 Å². The maximum atomic E-state index is 2.47. The van der Waals surface area contributed by atoms with Crippen LogP contribution >= 0.6 is 0 Å². The lowest BCUT2D eigenvalue weighted by Crippen LogP contribution is -3.00. The Morgan fingerprint density at radius 2 is 0.920 bits per heavy atom. The highest BCUT2D eigenvalue weighted by molar-refractivity contribution is 4.55. The molecule has 0 N–H and O–H groups in total. The summed E-state index contributed by atoms with van der Waals surface area (Å²) in [6, 6.07) is 0.824. The van der Waals surface area contributed by atoms with Gasteiger partial charge in [-0.25, -0.2) is 0 Å². The van der Waals surface area contributed by atoms with Gasteiger partial charge in [-0.2, -0.15) is 0 Å². The molecule has 0 aliphatic heterocycles. The van der Waals surface area contributed by atoms with Gasteiger partial charge in [-0.05, 0) is 32.6 Å². The first-order valence-electron chi connectivity index (χ1n) is 11.4. The molecule has 0 radical (unpaired) electrons. The van der Waals surface area contributed by atoms with Crippen molar-refractivity contribution in [3.63, 3.8) is 0 Å². The zero-order valence-electron chi connectivity index (χ0n) is 18.4. The van der Waals surface area contributed by atoms with Crippen molar-refractivity contribution in [2.45, 2.75) is 130 Å². The van der Waals surface area contributed by atoms with Crippen LogP contribution in [-0.4, -0.2) is 31.2 Å². The Morgan fingerprint density at radius 3 is 1.36 bits per heavy atom. The third kappa shape index (κ3) is 17.4. The molecule has 1 nitrogen and oxygen atoms in total. The predicted molar refractivity (Wildman–Crippen MR) is 112 cm³/mol. The molecular weight excluding hydrogens is 326 g/mol. The van der Waals surface area contributed by atoms with Gasteiger partial charge >= 0.3 is 0 Å². The highest BCUT2D eigenvalue weighted by Gasteiger charge is 2.22. The van der Waals surface area contributed by atoms with E-state index < -0.39 is 0 Å². The van der Waals surface area contributed by atoms with Crippen molar-refractivity contribution >= 4 is 0 Å². The van der Waals surface area contributed by atoms with Gasteiger partial charge in [0.25, 0.3) is 0 Å². The second-order valence-electron chi connectivity index (χ2n) is 8.74. The van der Waals surface area contributed by atoms with Gasteiger partial charge in [0.1, 0.15) is 0 Å². The van der Waals surface area contributed by atoms with Crippen molar-refractivity contribution in [2.75, 3.05) is 20.6 Å². The first kappa shape index (κ1) is 27.5.